The van der Waals surface area contributed by atoms with Crippen LogP contribution in [0.25, 0.3) is 0 Å². The van der Waals surface area contributed by atoms with Gasteiger partial charge in [0.25, 0.3) is 0 Å². The average Bonchev–Trinajstić information content (AvgIpc) is 2.42. The molecular formula is C17H25NO2. The van der Waals surface area contributed by atoms with Gasteiger partial charge in [-0.15, -0.1) is 6.42 Å². The van der Waals surface area contributed by atoms with Crippen molar-refractivity contribution in [3.63, 3.8) is 0 Å². The summed E-state index contributed by atoms with van der Waals surface area (Å²) in [5, 5.41) is 9.98. The first-order valence-electron chi connectivity index (χ1n) is 7.13. The van der Waals surface area contributed by atoms with Gasteiger partial charge >= 0.3 is 0 Å². The molecule has 0 saturated carbocycles. The number of nitrogens with zero attached hydrogens (tertiary/aromatic N) is 1. The van der Waals surface area contributed by atoms with Crippen LogP contribution in [0.1, 0.15) is 24.5 Å². The van der Waals surface area contributed by atoms with Crippen molar-refractivity contribution in [2.45, 2.75) is 32.9 Å². The molecule has 1 aromatic carbocycles. The summed E-state index contributed by atoms with van der Waals surface area (Å²) in [5.74, 6) is 2.40. The molecule has 1 rings (SSSR count). The molecule has 0 bridgehead atoms. The Morgan fingerprint density at radius 2 is 2.15 bits per heavy atom. The quantitative estimate of drug-likeness (QED) is 0.554. The van der Waals surface area contributed by atoms with E-state index in [1.165, 1.54) is 11.1 Å². The highest BCUT2D eigenvalue weighted by Gasteiger charge is 2.12. The molecule has 3 nitrogen and oxygen atoms in total. The van der Waals surface area contributed by atoms with Crippen molar-refractivity contribution in [3.05, 3.63) is 35.4 Å². The zero-order valence-corrected chi connectivity index (χ0v) is 12.5. The van der Waals surface area contributed by atoms with Crippen LogP contribution in [0, 0.1) is 19.3 Å². The van der Waals surface area contributed by atoms with Gasteiger partial charge in [-0.05, 0) is 31.0 Å². The van der Waals surface area contributed by atoms with Crippen LogP contribution in [0.5, 0.6) is 0 Å². The topological polar surface area (TPSA) is 32.7 Å². The zero-order valence-electron chi connectivity index (χ0n) is 12.5. The van der Waals surface area contributed by atoms with Gasteiger partial charge in [0, 0.05) is 13.1 Å². The maximum Gasteiger partial charge on any atom is 0.107 e. The number of benzene rings is 1. The monoisotopic (exact) mass is 275 g/mol. The van der Waals surface area contributed by atoms with E-state index in [0.717, 1.165) is 19.5 Å². The molecule has 0 radical (unpaired) electrons. The molecule has 0 amide bonds. The summed E-state index contributed by atoms with van der Waals surface area (Å²) in [6.07, 6.45) is 5.67. The molecule has 0 aliphatic carbocycles. The van der Waals surface area contributed by atoms with Crippen LogP contribution in [-0.4, -0.2) is 42.4 Å². The van der Waals surface area contributed by atoms with Gasteiger partial charge in [-0.2, -0.15) is 0 Å². The van der Waals surface area contributed by atoms with Crippen LogP contribution in [0.15, 0.2) is 24.3 Å². The summed E-state index contributed by atoms with van der Waals surface area (Å²) < 4.78 is 5.18. The SMILES string of the molecule is C#CCOC[C@@H](O)CN(CCC)Cc1ccccc1C. The van der Waals surface area contributed by atoms with E-state index in [1.807, 2.05) is 6.07 Å². The minimum atomic E-state index is -0.501. The van der Waals surface area contributed by atoms with E-state index < -0.39 is 6.10 Å². The largest absolute Gasteiger partial charge is 0.389 e. The van der Waals surface area contributed by atoms with Crippen LogP contribution in [0.4, 0.5) is 0 Å². The molecule has 0 heterocycles. The molecule has 0 aliphatic rings. The van der Waals surface area contributed by atoms with Gasteiger partial charge in [0.2, 0.25) is 0 Å². The second-order valence-electron chi connectivity index (χ2n) is 5.03. The lowest BCUT2D eigenvalue weighted by Crippen LogP contribution is -2.35. The summed E-state index contributed by atoms with van der Waals surface area (Å²) in [6, 6.07) is 8.36. The Morgan fingerprint density at radius 3 is 2.80 bits per heavy atom. The first-order valence-corrected chi connectivity index (χ1v) is 7.13. The van der Waals surface area contributed by atoms with Crippen molar-refractivity contribution in [2.75, 3.05) is 26.3 Å². The number of rotatable bonds is 9. The Morgan fingerprint density at radius 1 is 1.40 bits per heavy atom. The van der Waals surface area contributed by atoms with Crippen molar-refractivity contribution in [1.82, 2.24) is 4.90 Å². The summed E-state index contributed by atoms with van der Waals surface area (Å²) in [6.45, 7) is 7.22. The van der Waals surface area contributed by atoms with E-state index in [4.69, 9.17) is 11.2 Å². The Bertz CT molecular complexity index is 425. The maximum atomic E-state index is 9.98. The Kier molecular flexibility index (Phi) is 7.98. The Balaban J connectivity index is 2.52. The number of aliphatic hydroxyl groups is 1. The molecule has 0 spiro atoms. The van der Waals surface area contributed by atoms with E-state index >= 15 is 0 Å². The fraction of sp³-hybridized carbons (Fsp3) is 0.529. The van der Waals surface area contributed by atoms with Gasteiger partial charge in [0.15, 0.2) is 0 Å². The normalized spacial score (nSPS) is 12.3. The number of aryl methyl sites for hydroxylation is 1. The van der Waals surface area contributed by atoms with Crippen LogP contribution >= 0.6 is 0 Å². The molecule has 0 unspecified atom stereocenters. The molecule has 1 aromatic rings. The second kappa shape index (κ2) is 9.55. The molecule has 0 aliphatic heterocycles. The lowest BCUT2D eigenvalue weighted by molar-refractivity contribution is 0.0261. The lowest BCUT2D eigenvalue weighted by atomic mass is 10.1. The number of hydrogen-bond donors (Lipinski definition) is 1. The first-order chi connectivity index (χ1) is 9.67. The van der Waals surface area contributed by atoms with E-state index in [1.54, 1.807) is 0 Å². The molecule has 1 N–H and O–H groups in total. The average molecular weight is 275 g/mol. The minimum absolute atomic E-state index is 0.253. The Hall–Kier alpha value is -1.34. The molecule has 3 heteroatoms. The summed E-state index contributed by atoms with van der Waals surface area (Å²) in [7, 11) is 0. The van der Waals surface area contributed by atoms with Gasteiger partial charge < -0.3 is 9.84 Å². The molecule has 0 saturated heterocycles. The number of terminal acetylenes is 1. The molecule has 0 aromatic heterocycles. The fourth-order valence-electron chi connectivity index (χ4n) is 2.18. The van der Waals surface area contributed by atoms with Crippen LogP contribution in [0.3, 0.4) is 0 Å². The van der Waals surface area contributed by atoms with Crippen molar-refractivity contribution in [3.8, 4) is 12.3 Å². The van der Waals surface area contributed by atoms with Gasteiger partial charge in [0.05, 0.1) is 12.7 Å². The molecular weight excluding hydrogens is 250 g/mol. The minimum Gasteiger partial charge on any atom is -0.389 e. The number of aliphatic hydroxyl groups excluding tert-OH is 1. The predicted octanol–water partition coefficient (Wildman–Crippen LogP) is 2.22. The summed E-state index contributed by atoms with van der Waals surface area (Å²) in [4.78, 5) is 2.26. The molecule has 20 heavy (non-hydrogen) atoms. The zero-order chi connectivity index (χ0) is 14.8. The van der Waals surface area contributed by atoms with Crippen LogP contribution in [-0.2, 0) is 11.3 Å². The molecule has 110 valence electrons. The lowest BCUT2D eigenvalue weighted by Gasteiger charge is -2.25. The van der Waals surface area contributed by atoms with E-state index in [2.05, 4.69) is 42.9 Å². The fourth-order valence-corrected chi connectivity index (χ4v) is 2.18. The molecule has 0 fully saturated rings. The second-order valence-corrected chi connectivity index (χ2v) is 5.03. The van der Waals surface area contributed by atoms with Crippen molar-refractivity contribution >= 4 is 0 Å². The third-order valence-corrected chi connectivity index (χ3v) is 3.16. The predicted molar refractivity (Wildman–Crippen MR) is 82.4 cm³/mol. The van der Waals surface area contributed by atoms with Crippen LogP contribution < -0.4 is 0 Å². The first kappa shape index (κ1) is 16.7. The smallest absolute Gasteiger partial charge is 0.107 e. The van der Waals surface area contributed by atoms with Gasteiger partial charge in [-0.3, -0.25) is 4.90 Å². The summed E-state index contributed by atoms with van der Waals surface area (Å²) >= 11 is 0. The van der Waals surface area contributed by atoms with E-state index in [-0.39, 0.29) is 13.2 Å². The number of hydrogen-bond acceptors (Lipinski definition) is 3. The number of ether oxygens (including phenoxy) is 1. The molecule has 1 atom stereocenters. The van der Waals surface area contributed by atoms with Crippen molar-refractivity contribution in [2.24, 2.45) is 0 Å². The Labute approximate surface area is 122 Å². The van der Waals surface area contributed by atoms with Gasteiger partial charge in [-0.1, -0.05) is 37.1 Å². The third kappa shape index (κ3) is 6.21. The highest BCUT2D eigenvalue weighted by Crippen LogP contribution is 2.11. The summed E-state index contributed by atoms with van der Waals surface area (Å²) in [5.41, 5.74) is 2.59. The third-order valence-electron chi connectivity index (χ3n) is 3.16. The highest BCUT2D eigenvalue weighted by atomic mass is 16.5. The van der Waals surface area contributed by atoms with Crippen LogP contribution in [0.2, 0.25) is 0 Å². The highest BCUT2D eigenvalue weighted by molar-refractivity contribution is 5.25. The van der Waals surface area contributed by atoms with Crippen molar-refractivity contribution < 1.29 is 9.84 Å². The van der Waals surface area contributed by atoms with Crippen molar-refractivity contribution in [1.29, 1.82) is 0 Å². The van der Waals surface area contributed by atoms with Gasteiger partial charge in [-0.25, -0.2) is 0 Å². The standard InChI is InChI=1S/C17H25NO2/c1-4-10-18(13-17(19)14-20-11-5-2)12-16-9-7-6-8-15(16)3/h2,6-9,17,19H,4,10-14H2,1,3H3/t17-/m0/s1. The van der Waals surface area contributed by atoms with Gasteiger partial charge in [0.1, 0.15) is 6.61 Å². The van der Waals surface area contributed by atoms with E-state index in [9.17, 15) is 5.11 Å². The van der Waals surface area contributed by atoms with E-state index in [0.29, 0.717) is 6.54 Å². The maximum absolute atomic E-state index is 9.98.